The van der Waals surface area contributed by atoms with Gasteiger partial charge in [-0.3, -0.25) is 0 Å². The number of aliphatic imine (C=N–C) groups is 1. The lowest BCUT2D eigenvalue weighted by atomic mass is 9.74. The van der Waals surface area contributed by atoms with Crippen LogP contribution >= 0.6 is 35.6 Å². The van der Waals surface area contributed by atoms with E-state index in [9.17, 15) is 0 Å². The quantitative estimate of drug-likeness (QED) is 0.300. The zero-order valence-electron chi connectivity index (χ0n) is 17.6. The Bertz CT molecular complexity index is 808. The minimum Gasteiger partial charge on any atom is -0.497 e. The predicted octanol–water partition coefficient (Wildman–Crippen LogP) is 4.77. The van der Waals surface area contributed by atoms with Crippen molar-refractivity contribution in [3.8, 4) is 5.75 Å². The van der Waals surface area contributed by atoms with E-state index in [-0.39, 0.29) is 29.4 Å². The zero-order valence-corrected chi connectivity index (χ0v) is 20.7. The molecule has 5 nitrogen and oxygen atoms in total. The average Bonchev–Trinajstić information content (AvgIpc) is 2.77. The minimum atomic E-state index is 0. The SMILES string of the molecule is CCNC(=NCc1ccccc1Cl)NCC1(c2ccc(OC)cc2)CCOCC1.I. The van der Waals surface area contributed by atoms with Crippen molar-refractivity contribution in [3.05, 3.63) is 64.7 Å². The molecule has 0 saturated carbocycles. The lowest BCUT2D eigenvalue weighted by molar-refractivity contribution is 0.0513. The van der Waals surface area contributed by atoms with Crippen molar-refractivity contribution in [1.29, 1.82) is 0 Å². The van der Waals surface area contributed by atoms with Crippen molar-refractivity contribution in [1.82, 2.24) is 10.6 Å². The molecule has 0 spiro atoms. The second kappa shape index (κ2) is 12.4. The van der Waals surface area contributed by atoms with Crippen molar-refractivity contribution in [3.63, 3.8) is 0 Å². The topological polar surface area (TPSA) is 54.9 Å². The van der Waals surface area contributed by atoms with Crippen molar-refractivity contribution in [2.75, 3.05) is 33.4 Å². The highest BCUT2D eigenvalue weighted by molar-refractivity contribution is 14.0. The third kappa shape index (κ3) is 6.49. The van der Waals surface area contributed by atoms with Crippen LogP contribution in [0.4, 0.5) is 0 Å². The van der Waals surface area contributed by atoms with Crippen LogP contribution in [0.2, 0.25) is 5.02 Å². The van der Waals surface area contributed by atoms with Gasteiger partial charge in [0.25, 0.3) is 0 Å². The zero-order chi connectivity index (χ0) is 20.5. The molecule has 0 unspecified atom stereocenters. The molecule has 3 rings (SSSR count). The van der Waals surface area contributed by atoms with Crippen molar-refractivity contribution in [2.24, 2.45) is 4.99 Å². The van der Waals surface area contributed by atoms with Gasteiger partial charge < -0.3 is 20.1 Å². The summed E-state index contributed by atoms with van der Waals surface area (Å²) in [5.74, 6) is 1.67. The van der Waals surface area contributed by atoms with Crippen LogP contribution in [0.25, 0.3) is 0 Å². The van der Waals surface area contributed by atoms with E-state index >= 15 is 0 Å². The standard InChI is InChI=1S/C23H30ClN3O2.HI/c1-3-25-22(26-16-18-6-4-5-7-21(18)24)27-17-23(12-14-29-15-13-23)19-8-10-20(28-2)11-9-19;/h4-11H,3,12-17H2,1-2H3,(H2,25,26,27);1H. The van der Waals surface area contributed by atoms with E-state index in [1.165, 1.54) is 5.56 Å². The number of benzene rings is 2. The van der Waals surface area contributed by atoms with Gasteiger partial charge in [-0.1, -0.05) is 41.9 Å². The van der Waals surface area contributed by atoms with Crippen LogP contribution in [0.15, 0.2) is 53.5 Å². The van der Waals surface area contributed by atoms with Crippen molar-refractivity contribution in [2.45, 2.75) is 31.7 Å². The lowest BCUT2D eigenvalue weighted by Crippen LogP contribution is -2.48. The molecule has 2 aromatic carbocycles. The van der Waals surface area contributed by atoms with E-state index < -0.39 is 0 Å². The maximum absolute atomic E-state index is 6.28. The molecule has 0 atom stereocenters. The first-order valence-corrected chi connectivity index (χ1v) is 10.5. The first-order valence-electron chi connectivity index (χ1n) is 10.1. The fourth-order valence-electron chi connectivity index (χ4n) is 3.66. The van der Waals surface area contributed by atoms with Crippen LogP contribution < -0.4 is 15.4 Å². The van der Waals surface area contributed by atoms with Crippen molar-refractivity contribution < 1.29 is 9.47 Å². The number of methoxy groups -OCH3 is 1. The van der Waals surface area contributed by atoms with E-state index in [2.05, 4.69) is 29.7 Å². The fraction of sp³-hybridized carbons (Fsp3) is 0.435. The molecular weight excluding hydrogens is 513 g/mol. The molecule has 1 fully saturated rings. The van der Waals surface area contributed by atoms with Crippen LogP contribution in [-0.2, 0) is 16.7 Å². The number of hydrogen-bond acceptors (Lipinski definition) is 3. The molecule has 7 heteroatoms. The fourth-order valence-corrected chi connectivity index (χ4v) is 3.86. The Morgan fingerprint density at radius 1 is 1.10 bits per heavy atom. The number of nitrogens with one attached hydrogen (secondary N) is 2. The summed E-state index contributed by atoms with van der Waals surface area (Å²) in [4.78, 5) is 4.74. The molecule has 2 N–H and O–H groups in total. The second-order valence-corrected chi connectivity index (χ2v) is 7.67. The summed E-state index contributed by atoms with van der Waals surface area (Å²) >= 11 is 6.28. The molecule has 0 aliphatic carbocycles. The summed E-state index contributed by atoms with van der Waals surface area (Å²) in [7, 11) is 1.69. The second-order valence-electron chi connectivity index (χ2n) is 7.26. The molecule has 1 aliphatic rings. The minimum absolute atomic E-state index is 0. The van der Waals surface area contributed by atoms with Gasteiger partial charge in [0.2, 0.25) is 0 Å². The Labute approximate surface area is 201 Å². The average molecular weight is 544 g/mol. The number of hydrogen-bond donors (Lipinski definition) is 2. The molecule has 0 radical (unpaired) electrons. The first kappa shape index (κ1) is 24.8. The monoisotopic (exact) mass is 543 g/mol. The van der Waals surface area contributed by atoms with Gasteiger partial charge in [-0.25, -0.2) is 4.99 Å². The molecule has 1 heterocycles. The summed E-state index contributed by atoms with van der Waals surface area (Å²) in [5.41, 5.74) is 2.32. The first-order chi connectivity index (χ1) is 14.2. The smallest absolute Gasteiger partial charge is 0.191 e. The van der Waals surface area contributed by atoms with Gasteiger partial charge >= 0.3 is 0 Å². The predicted molar refractivity (Wildman–Crippen MR) is 134 cm³/mol. The van der Waals surface area contributed by atoms with Gasteiger partial charge in [-0.2, -0.15) is 0 Å². The van der Waals surface area contributed by atoms with Gasteiger partial charge in [0, 0.05) is 36.7 Å². The number of ether oxygens (including phenoxy) is 2. The van der Waals surface area contributed by atoms with Crippen LogP contribution in [0.3, 0.4) is 0 Å². The molecule has 0 amide bonds. The summed E-state index contributed by atoms with van der Waals surface area (Å²) in [6.07, 6.45) is 1.94. The Kier molecular flexibility index (Phi) is 10.2. The molecule has 1 saturated heterocycles. The Morgan fingerprint density at radius 2 is 1.80 bits per heavy atom. The molecular formula is C23H31ClIN3O2. The maximum atomic E-state index is 6.28. The Hall–Kier alpha value is -1.51. The van der Waals surface area contributed by atoms with Crippen LogP contribution in [0.1, 0.15) is 30.9 Å². The van der Waals surface area contributed by atoms with Gasteiger partial charge in [-0.05, 0) is 49.1 Å². The maximum Gasteiger partial charge on any atom is 0.191 e. The molecule has 1 aliphatic heterocycles. The summed E-state index contributed by atoms with van der Waals surface area (Å²) in [5, 5.41) is 7.64. The number of halogens is 2. The van der Waals surface area contributed by atoms with Crippen molar-refractivity contribution >= 4 is 41.5 Å². The summed E-state index contributed by atoms with van der Waals surface area (Å²) < 4.78 is 11.0. The largest absolute Gasteiger partial charge is 0.497 e. The molecule has 164 valence electrons. The molecule has 0 bridgehead atoms. The Morgan fingerprint density at radius 3 is 2.43 bits per heavy atom. The van der Waals surface area contributed by atoms with E-state index in [4.69, 9.17) is 26.1 Å². The normalized spacial score (nSPS) is 15.8. The Balaban J connectivity index is 0.00000320. The summed E-state index contributed by atoms with van der Waals surface area (Å²) in [6, 6.07) is 16.2. The third-order valence-electron chi connectivity index (χ3n) is 5.46. The van der Waals surface area contributed by atoms with E-state index in [1.54, 1.807) is 7.11 Å². The highest BCUT2D eigenvalue weighted by Crippen LogP contribution is 2.35. The highest BCUT2D eigenvalue weighted by Gasteiger charge is 2.34. The van der Waals surface area contributed by atoms with E-state index in [1.807, 2.05) is 36.4 Å². The molecule has 0 aromatic heterocycles. The van der Waals surface area contributed by atoms with E-state index in [0.29, 0.717) is 6.54 Å². The lowest BCUT2D eigenvalue weighted by Gasteiger charge is -2.38. The number of guanidine groups is 1. The van der Waals surface area contributed by atoms with Gasteiger partial charge in [-0.15, -0.1) is 24.0 Å². The van der Waals surface area contributed by atoms with Crippen LogP contribution in [0, 0.1) is 0 Å². The third-order valence-corrected chi connectivity index (χ3v) is 5.82. The molecule has 2 aromatic rings. The number of nitrogens with zero attached hydrogens (tertiary/aromatic N) is 1. The van der Waals surface area contributed by atoms with E-state index in [0.717, 1.165) is 61.4 Å². The van der Waals surface area contributed by atoms with Gasteiger partial charge in [0.1, 0.15) is 5.75 Å². The van der Waals surface area contributed by atoms with Gasteiger partial charge in [0.05, 0.1) is 13.7 Å². The highest BCUT2D eigenvalue weighted by atomic mass is 127. The van der Waals surface area contributed by atoms with Gasteiger partial charge in [0.15, 0.2) is 5.96 Å². The summed E-state index contributed by atoms with van der Waals surface area (Å²) in [6.45, 7) is 5.72. The molecule has 30 heavy (non-hydrogen) atoms. The number of rotatable bonds is 7. The van der Waals surface area contributed by atoms with Crippen LogP contribution in [0.5, 0.6) is 5.75 Å². The van der Waals surface area contributed by atoms with Crippen LogP contribution in [-0.4, -0.2) is 39.4 Å².